The molecule has 1 unspecified atom stereocenters. The van der Waals surface area contributed by atoms with E-state index in [0.717, 1.165) is 12.5 Å². The summed E-state index contributed by atoms with van der Waals surface area (Å²) in [5.74, 6) is -2.71. The zero-order chi connectivity index (χ0) is 24.1. The van der Waals surface area contributed by atoms with Gasteiger partial charge in [0.05, 0.1) is 12.3 Å². The van der Waals surface area contributed by atoms with Crippen LogP contribution in [0.1, 0.15) is 129 Å². The third kappa shape index (κ3) is 21.0. The smallest absolute Gasteiger partial charge is 0.307 e. The highest BCUT2D eigenvalue weighted by Gasteiger charge is 2.24. The number of rotatable bonds is 24. The molecule has 0 aromatic carbocycles. The highest BCUT2D eigenvalue weighted by Crippen LogP contribution is 2.25. The minimum Gasteiger partial charge on any atom is -0.481 e. The normalized spacial score (nSPS) is 12.7. The Morgan fingerprint density at radius 2 is 1.00 bits per heavy atom. The zero-order valence-electron chi connectivity index (χ0n) is 21.6. The first-order chi connectivity index (χ1) is 15.3. The largest absolute Gasteiger partial charge is 0.481 e. The number of aliphatic carboxylic acids is 2. The van der Waals surface area contributed by atoms with Crippen LogP contribution in [0.3, 0.4) is 0 Å². The first-order valence-electron chi connectivity index (χ1n) is 13.7. The van der Waals surface area contributed by atoms with Crippen molar-refractivity contribution in [2.24, 2.45) is 5.92 Å². The van der Waals surface area contributed by atoms with Crippen LogP contribution in [-0.2, 0) is 9.59 Å². The Kier molecular flexibility index (Phi) is 20.2. The summed E-state index contributed by atoms with van der Waals surface area (Å²) in [4.78, 5) is 22.0. The van der Waals surface area contributed by atoms with Gasteiger partial charge in [-0.15, -0.1) is 0 Å². The van der Waals surface area contributed by atoms with E-state index < -0.39 is 25.9 Å². The average molecular weight is 471 g/mol. The Labute approximate surface area is 200 Å². The van der Waals surface area contributed by atoms with E-state index in [2.05, 4.69) is 20.0 Å². The summed E-state index contributed by atoms with van der Waals surface area (Å²) < 4.78 is 0. The molecular formula is C27H54O4Si. The van der Waals surface area contributed by atoms with Gasteiger partial charge in [-0.3, -0.25) is 9.59 Å². The lowest BCUT2D eigenvalue weighted by Crippen LogP contribution is -2.25. The van der Waals surface area contributed by atoms with Gasteiger partial charge in [0.1, 0.15) is 0 Å². The molecule has 0 saturated carbocycles. The minimum atomic E-state index is -1.29. The topological polar surface area (TPSA) is 74.6 Å². The van der Waals surface area contributed by atoms with Crippen LogP contribution in [0.15, 0.2) is 0 Å². The van der Waals surface area contributed by atoms with Crippen LogP contribution in [0.2, 0.25) is 25.2 Å². The molecule has 4 nitrogen and oxygen atoms in total. The second-order valence-corrected chi connectivity index (χ2v) is 16.1. The first kappa shape index (κ1) is 31.2. The summed E-state index contributed by atoms with van der Waals surface area (Å²) in [6, 6.07) is 2.41. The fourth-order valence-corrected chi connectivity index (χ4v) is 7.25. The molecule has 0 aliphatic heterocycles. The Hall–Kier alpha value is -0.843. The molecule has 0 bridgehead atoms. The highest BCUT2D eigenvalue weighted by atomic mass is 28.3. The number of hydrogen-bond acceptors (Lipinski definition) is 2. The van der Waals surface area contributed by atoms with Gasteiger partial charge < -0.3 is 10.2 Å². The predicted molar refractivity (Wildman–Crippen MR) is 139 cm³/mol. The maximum atomic E-state index is 11.2. The molecule has 5 heteroatoms. The maximum absolute atomic E-state index is 11.2. The van der Waals surface area contributed by atoms with Crippen molar-refractivity contribution < 1.29 is 19.8 Å². The van der Waals surface area contributed by atoms with Crippen LogP contribution >= 0.6 is 0 Å². The van der Waals surface area contributed by atoms with E-state index in [1.54, 1.807) is 0 Å². The van der Waals surface area contributed by atoms with E-state index in [0.29, 0.717) is 6.42 Å². The van der Waals surface area contributed by atoms with Gasteiger partial charge in [0, 0.05) is 8.07 Å². The summed E-state index contributed by atoms with van der Waals surface area (Å²) in [6.07, 6.45) is 23.4. The minimum absolute atomic E-state index is 0.254. The Morgan fingerprint density at radius 3 is 1.38 bits per heavy atom. The van der Waals surface area contributed by atoms with Crippen molar-refractivity contribution >= 4 is 20.0 Å². The van der Waals surface area contributed by atoms with Crippen LogP contribution in [0.25, 0.3) is 0 Å². The Morgan fingerprint density at radius 1 is 0.625 bits per heavy atom. The summed E-state index contributed by atoms with van der Waals surface area (Å²) in [5.41, 5.74) is 0. The van der Waals surface area contributed by atoms with Crippen molar-refractivity contribution in [2.75, 3.05) is 0 Å². The lowest BCUT2D eigenvalue weighted by Gasteiger charge is -2.23. The number of carboxylic acid groups (broad SMARTS) is 2. The molecule has 0 aromatic heterocycles. The van der Waals surface area contributed by atoms with E-state index in [-0.39, 0.29) is 6.42 Å². The second kappa shape index (κ2) is 20.7. The van der Waals surface area contributed by atoms with Crippen LogP contribution in [0.5, 0.6) is 0 Å². The third-order valence-corrected chi connectivity index (χ3v) is 10.3. The van der Waals surface area contributed by atoms with E-state index in [4.69, 9.17) is 10.2 Å². The lowest BCUT2D eigenvalue weighted by molar-refractivity contribution is -0.148. The van der Waals surface area contributed by atoms with Crippen LogP contribution in [-0.4, -0.2) is 30.2 Å². The maximum Gasteiger partial charge on any atom is 0.307 e. The molecule has 0 aromatic rings. The highest BCUT2D eigenvalue weighted by molar-refractivity contribution is 6.77. The van der Waals surface area contributed by atoms with Crippen molar-refractivity contribution in [1.82, 2.24) is 0 Å². The van der Waals surface area contributed by atoms with Gasteiger partial charge in [0.15, 0.2) is 0 Å². The molecule has 0 rings (SSSR count). The standard InChI is InChI=1S/C27H54O4Si/c1-4-5-6-7-8-9-10-11-12-13-14-15-16-17-18-19-22-32(2,3)23-20-21-25(27(30)31)24-26(28)29/h25H,4-24H2,1-3H3,(H,28,29)(H,30,31). The van der Waals surface area contributed by atoms with E-state index in [1.807, 2.05) is 0 Å². The third-order valence-electron chi connectivity index (χ3n) is 6.88. The molecule has 1 atom stereocenters. The molecule has 2 N–H and O–H groups in total. The van der Waals surface area contributed by atoms with Gasteiger partial charge in [0.25, 0.3) is 0 Å². The molecule has 32 heavy (non-hydrogen) atoms. The van der Waals surface area contributed by atoms with Gasteiger partial charge in [0.2, 0.25) is 0 Å². The quantitative estimate of drug-likeness (QED) is 0.109. The van der Waals surface area contributed by atoms with E-state index in [1.165, 1.54) is 109 Å². The van der Waals surface area contributed by atoms with Gasteiger partial charge in [-0.05, 0) is 6.42 Å². The Balaban J connectivity index is 3.51. The van der Waals surface area contributed by atoms with Gasteiger partial charge >= 0.3 is 11.9 Å². The molecule has 0 spiro atoms. The summed E-state index contributed by atoms with van der Waals surface area (Å²) in [6.45, 7) is 7.07. The van der Waals surface area contributed by atoms with E-state index >= 15 is 0 Å². The van der Waals surface area contributed by atoms with Gasteiger partial charge in [-0.25, -0.2) is 0 Å². The molecule has 0 amide bonds. The van der Waals surface area contributed by atoms with Crippen molar-refractivity contribution in [2.45, 2.75) is 154 Å². The van der Waals surface area contributed by atoms with Gasteiger partial charge in [-0.1, -0.05) is 141 Å². The molecule has 0 fully saturated rings. The Bertz CT molecular complexity index is 465. The van der Waals surface area contributed by atoms with Crippen LogP contribution in [0, 0.1) is 5.92 Å². The average Bonchev–Trinajstić information content (AvgIpc) is 2.72. The molecule has 0 radical (unpaired) electrons. The molecular weight excluding hydrogens is 416 g/mol. The van der Waals surface area contributed by atoms with Crippen molar-refractivity contribution in [3.8, 4) is 0 Å². The predicted octanol–water partition coefficient (Wildman–Crippen LogP) is 8.91. The number of hydrogen-bond donors (Lipinski definition) is 2. The van der Waals surface area contributed by atoms with E-state index in [9.17, 15) is 9.59 Å². The van der Waals surface area contributed by atoms with Crippen molar-refractivity contribution in [1.29, 1.82) is 0 Å². The van der Waals surface area contributed by atoms with Crippen LogP contribution in [0.4, 0.5) is 0 Å². The zero-order valence-corrected chi connectivity index (χ0v) is 22.6. The van der Waals surface area contributed by atoms with Gasteiger partial charge in [-0.2, -0.15) is 0 Å². The fraction of sp³-hybridized carbons (Fsp3) is 0.926. The van der Waals surface area contributed by atoms with Crippen molar-refractivity contribution in [3.05, 3.63) is 0 Å². The number of carbonyl (C=O) groups is 2. The fourth-order valence-electron chi connectivity index (χ4n) is 4.63. The number of carboxylic acids is 2. The molecule has 0 heterocycles. The molecule has 0 saturated heterocycles. The molecule has 190 valence electrons. The van der Waals surface area contributed by atoms with Crippen LogP contribution < -0.4 is 0 Å². The lowest BCUT2D eigenvalue weighted by atomic mass is 10.0. The SMILES string of the molecule is CCCCCCCCCCCCCCCCCC[Si](C)(C)CCCC(CC(=O)O)C(=O)O. The monoisotopic (exact) mass is 470 g/mol. The second-order valence-electron chi connectivity index (χ2n) is 10.7. The van der Waals surface area contributed by atoms with Crippen molar-refractivity contribution in [3.63, 3.8) is 0 Å². The molecule has 0 aliphatic carbocycles. The first-order valence-corrected chi connectivity index (χ1v) is 17.1. The number of unbranched alkanes of at least 4 members (excludes halogenated alkanes) is 15. The molecule has 0 aliphatic rings. The summed E-state index contributed by atoms with van der Waals surface area (Å²) in [5, 5.41) is 18.0. The summed E-state index contributed by atoms with van der Waals surface area (Å²) >= 11 is 0. The summed E-state index contributed by atoms with van der Waals surface area (Å²) in [7, 11) is -1.29.